The zero-order valence-electron chi connectivity index (χ0n) is 21.9. The van der Waals surface area contributed by atoms with Crippen LogP contribution in [0, 0.1) is 19.1 Å². The number of imidazole rings is 1. The van der Waals surface area contributed by atoms with Gasteiger partial charge in [-0.05, 0) is 18.2 Å². The Labute approximate surface area is 245 Å². The van der Waals surface area contributed by atoms with E-state index in [0.29, 0.717) is 0 Å². The van der Waals surface area contributed by atoms with E-state index >= 15 is 0 Å². The number of nitrogens with zero attached hydrogens (tertiary/aromatic N) is 5. The summed E-state index contributed by atoms with van der Waals surface area (Å²) in [5, 5.41) is 4.61. The Morgan fingerprint density at radius 2 is 1.27 bits per heavy atom. The van der Waals surface area contributed by atoms with Crippen LogP contribution < -0.4 is 4.57 Å². The molecule has 8 aromatic rings. The second kappa shape index (κ2) is 9.32. The third-order valence-corrected chi connectivity index (χ3v) is 7.77. The number of pyridine rings is 1. The van der Waals surface area contributed by atoms with Crippen molar-refractivity contribution in [3.63, 3.8) is 0 Å². The van der Waals surface area contributed by atoms with E-state index in [1.807, 2.05) is 18.2 Å². The van der Waals surface area contributed by atoms with E-state index in [1.165, 1.54) is 10.8 Å². The van der Waals surface area contributed by atoms with Crippen molar-refractivity contribution in [2.24, 2.45) is 7.05 Å². The van der Waals surface area contributed by atoms with Crippen LogP contribution in [-0.2, 0) is 28.1 Å². The van der Waals surface area contributed by atoms with Gasteiger partial charge in [0.2, 0.25) is 0 Å². The van der Waals surface area contributed by atoms with E-state index in [-0.39, 0.29) is 21.1 Å². The number of rotatable bonds is 3. The van der Waals surface area contributed by atoms with Crippen molar-refractivity contribution < 1.29 is 25.6 Å². The number of benzene rings is 4. The fraction of sp³-hybridized carbons (Fsp3) is 0.0588. The molecule has 0 spiro atoms. The van der Waals surface area contributed by atoms with Gasteiger partial charge in [-0.25, -0.2) is 14.1 Å². The Morgan fingerprint density at radius 3 is 1.90 bits per heavy atom. The number of fused-ring (bicyclic) bond motifs is 6. The first kappa shape index (κ1) is 24.6. The molecule has 0 saturated carbocycles. The summed E-state index contributed by atoms with van der Waals surface area (Å²) in [4.78, 5) is 5.40. The van der Waals surface area contributed by atoms with E-state index in [9.17, 15) is 0 Å². The summed E-state index contributed by atoms with van der Waals surface area (Å²) in [6.07, 6.45) is 4.14. The Morgan fingerprint density at radius 1 is 0.675 bits per heavy atom. The number of aromatic nitrogens is 5. The van der Waals surface area contributed by atoms with Gasteiger partial charge in [0, 0.05) is 34.2 Å². The van der Waals surface area contributed by atoms with Gasteiger partial charge in [0.1, 0.15) is 23.7 Å². The third-order valence-electron chi connectivity index (χ3n) is 7.77. The average Bonchev–Trinajstić information content (AvgIpc) is 3.61. The molecule has 0 aliphatic carbocycles. The van der Waals surface area contributed by atoms with Crippen LogP contribution in [0.1, 0.15) is 5.82 Å². The van der Waals surface area contributed by atoms with Crippen molar-refractivity contribution >= 4 is 43.9 Å². The Hall–Kier alpha value is -4.47. The Bertz CT molecular complexity index is 2200. The molecule has 0 bridgehead atoms. The topological polar surface area (TPSA) is 31.6 Å². The normalized spacial score (nSPS) is 11.6. The van der Waals surface area contributed by atoms with Crippen molar-refractivity contribution in [2.75, 3.05) is 0 Å². The van der Waals surface area contributed by atoms with Crippen molar-refractivity contribution in [2.45, 2.75) is 6.92 Å². The van der Waals surface area contributed by atoms with Crippen LogP contribution in [0.4, 0.5) is 0 Å². The summed E-state index contributed by atoms with van der Waals surface area (Å²) < 4.78 is 8.73. The molecule has 4 aromatic carbocycles. The average molecular weight is 698 g/mol. The second-order valence-corrected chi connectivity index (χ2v) is 9.93. The van der Waals surface area contributed by atoms with Gasteiger partial charge < -0.3 is 9.13 Å². The minimum atomic E-state index is 0. The maximum atomic E-state index is 5.40. The van der Waals surface area contributed by atoms with Gasteiger partial charge in [-0.15, -0.1) is 24.3 Å². The van der Waals surface area contributed by atoms with Crippen molar-refractivity contribution in [1.29, 1.82) is 0 Å². The second-order valence-electron chi connectivity index (χ2n) is 9.93. The van der Waals surface area contributed by atoms with Crippen LogP contribution >= 0.6 is 0 Å². The van der Waals surface area contributed by atoms with Crippen LogP contribution in [0.15, 0.2) is 109 Å². The first-order valence-corrected chi connectivity index (χ1v) is 13.1. The number of hydrogen-bond donors (Lipinski definition) is 0. The van der Waals surface area contributed by atoms with Gasteiger partial charge in [0.05, 0.1) is 18.1 Å². The molecule has 0 aliphatic rings. The van der Waals surface area contributed by atoms with Crippen LogP contribution in [0.25, 0.3) is 60.9 Å². The summed E-state index contributed by atoms with van der Waals surface area (Å²) in [5.41, 5.74) is 6.98. The largest absolute Gasteiger partial charge is 2.00 e. The molecule has 0 unspecified atom stereocenters. The van der Waals surface area contributed by atoms with Crippen molar-refractivity contribution in [3.8, 4) is 17.1 Å². The number of aryl methyl sites for hydroxylation is 1. The maximum Gasteiger partial charge on any atom is 2.00 e. The molecule has 0 aliphatic heterocycles. The standard InChI is InChI=1S/C34H24N5.Pt/c1-23-36(2)19-20-37(23)25-13-10-14-26(21-25)39-32-18-9-7-16-28(32)30-22-29-27-15-6-8-17-31(27)38(33(29)35-34(30)39)24-11-4-3-5-12-24;/h3-11,13-20,22H,1-2H3;/q-1;+2. The SMILES string of the molecule is Cc1n(-c2[c-]c(-n3c4ccccc4c4cc5c6ccccc6n(-c6[c-]cccc6)c5nc43)ccc2)cc[n+]1C.[Pt+2]. The molecule has 5 nitrogen and oxygen atoms in total. The minimum Gasteiger partial charge on any atom is -0.318 e. The fourth-order valence-corrected chi connectivity index (χ4v) is 5.79. The van der Waals surface area contributed by atoms with Gasteiger partial charge in [0.15, 0.2) is 0 Å². The van der Waals surface area contributed by atoms with Gasteiger partial charge in [-0.3, -0.25) is 0 Å². The molecule has 0 N–H and O–H groups in total. The molecule has 194 valence electrons. The van der Waals surface area contributed by atoms with Gasteiger partial charge in [0.25, 0.3) is 5.82 Å². The summed E-state index contributed by atoms with van der Waals surface area (Å²) in [5.74, 6) is 1.13. The number of para-hydroxylation sites is 3. The molecule has 0 saturated heterocycles. The fourth-order valence-electron chi connectivity index (χ4n) is 5.79. The first-order valence-electron chi connectivity index (χ1n) is 13.1. The smallest absolute Gasteiger partial charge is 0.318 e. The molecule has 0 fully saturated rings. The molecule has 4 heterocycles. The van der Waals surface area contributed by atoms with Crippen molar-refractivity contribution in [1.82, 2.24) is 18.7 Å². The summed E-state index contributed by atoms with van der Waals surface area (Å²) in [6, 6.07) is 40.8. The number of hydrogen-bond acceptors (Lipinski definition) is 1. The zero-order valence-corrected chi connectivity index (χ0v) is 24.2. The third kappa shape index (κ3) is 3.51. The molecular weight excluding hydrogens is 673 g/mol. The van der Waals surface area contributed by atoms with E-state index in [1.54, 1.807) is 0 Å². The van der Waals surface area contributed by atoms with Gasteiger partial charge >= 0.3 is 21.1 Å². The Kier molecular flexibility index (Phi) is 5.72. The molecule has 0 amide bonds. The van der Waals surface area contributed by atoms with Crippen molar-refractivity contribution in [3.05, 3.63) is 127 Å². The summed E-state index contributed by atoms with van der Waals surface area (Å²) in [6.45, 7) is 2.11. The zero-order chi connectivity index (χ0) is 26.1. The molecule has 8 rings (SSSR count). The predicted molar refractivity (Wildman–Crippen MR) is 156 cm³/mol. The molecule has 0 atom stereocenters. The van der Waals surface area contributed by atoms with E-state index in [0.717, 1.165) is 56.0 Å². The summed E-state index contributed by atoms with van der Waals surface area (Å²) in [7, 11) is 2.06. The molecule has 4 aromatic heterocycles. The molecule has 6 heteroatoms. The molecule has 40 heavy (non-hydrogen) atoms. The van der Waals surface area contributed by atoms with Crippen LogP contribution in [0.2, 0.25) is 0 Å². The van der Waals surface area contributed by atoms with Gasteiger partial charge in [-0.1, -0.05) is 47.8 Å². The van der Waals surface area contributed by atoms with E-state index < -0.39 is 0 Å². The van der Waals surface area contributed by atoms with E-state index in [2.05, 4.69) is 136 Å². The minimum absolute atomic E-state index is 0. The summed E-state index contributed by atoms with van der Waals surface area (Å²) >= 11 is 0. The quantitative estimate of drug-likeness (QED) is 0.148. The Balaban J connectivity index is 0.00000264. The van der Waals surface area contributed by atoms with Crippen LogP contribution in [0.5, 0.6) is 0 Å². The van der Waals surface area contributed by atoms with Crippen LogP contribution in [0.3, 0.4) is 0 Å². The maximum absolute atomic E-state index is 5.40. The molecule has 0 radical (unpaired) electrons. The predicted octanol–water partition coefficient (Wildman–Crippen LogP) is 6.80. The van der Waals surface area contributed by atoms with Gasteiger partial charge in [-0.2, -0.15) is 30.3 Å². The monoisotopic (exact) mass is 697 g/mol. The molecular formula is C34H24N5Pt+. The first-order chi connectivity index (χ1) is 19.2. The van der Waals surface area contributed by atoms with E-state index in [4.69, 9.17) is 4.98 Å². The van der Waals surface area contributed by atoms with Crippen LogP contribution in [-0.4, -0.2) is 18.7 Å².